The van der Waals surface area contributed by atoms with E-state index >= 15 is 0 Å². The Hall–Kier alpha value is -2.91. The standard InChI is InChI=1S/C20H17F2NO5S/c1-26-10-13-12-6-2-4-8-15(12)28-18(13)19(25)27-11-17(24)23-14-7-3-5-9-16(14)29-20(21)22/h2-9,20H,10-11H2,1H3,(H,23,24). The number of hydrogen-bond acceptors (Lipinski definition) is 6. The number of methoxy groups -OCH3 is 1. The molecule has 3 aromatic rings. The Kier molecular flexibility index (Phi) is 6.84. The van der Waals surface area contributed by atoms with Gasteiger partial charge in [-0.15, -0.1) is 0 Å². The lowest BCUT2D eigenvalue weighted by Crippen LogP contribution is -2.21. The lowest BCUT2D eigenvalue weighted by molar-refractivity contribution is -0.119. The second kappa shape index (κ2) is 9.53. The highest BCUT2D eigenvalue weighted by Crippen LogP contribution is 2.31. The molecule has 0 unspecified atom stereocenters. The molecule has 0 radical (unpaired) electrons. The zero-order chi connectivity index (χ0) is 20.8. The number of nitrogens with one attached hydrogen (secondary N) is 1. The number of anilines is 1. The Morgan fingerprint density at radius 3 is 2.62 bits per heavy atom. The normalized spacial score (nSPS) is 11.0. The summed E-state index contributed by atoms with van der Waals surface area (Å²) in [6.45, 7) is -0.470. The van der Waals surface area contributed by atoms with Crippen LogP contribution in [0.15, 0.2) is 57.8 Å². The van der Waals surface area contributed by atoms with Gasteiger partial charge in [0, 0.05) is 23.0 Å². The molecule has 0 atom stereocenters. The molecule has 1 N–H and O–H groups in total. The third-order valence-corrected chi connectivity index (χ3v) is 4.67. The summed E-state index contributed by atoms with van der Waals surface area (Å²) < 4.78 is 41.0. The Labute approximate surface area is 169 Å². The van der Waals surface area contributed by atoms with E-state index in [0.717, 1.165) is 0 Å². The molecule has 3 rings (SSSR count). The summed E-state index contributed by atoms with van der Waals surface area (Å²) in [6.07, 6.45) is 0. The van der Waals surface area contributed by atoms with Crippen molar-refractivity contribution in [2.45, 2.75) is 17.3 Å². The number of para-hydroxylation sites is 2. The SMILES string of the molecule is COCc1c(C(=O)OCC(=O)Nc2ccccc2SC(F)F)oc2ccccc12. The van der Waals surface area contributed by atoms with Gasteiger partial charge in [0.15, 0.2) is 6.61 Å². The van der Waals surface area contributed by atoms with Gasteiger partial charge in [0.1, 0.15) is 5.58 Å². The summed E-state index contributed by atoms with van der Waals surface area (Å²) in [4.78, 5) is 24.8. The molecule has 2 aromatic carbocycles. The van der Waals surface area contributed by atoms with Gasteiger partial charge in [-0.25, -0.2) is 4.79 Å². The van der Waals surface area contributed by atoms with Crippen LogP contribution >= 0.6 is 11.8 Å². The number of alkyl halides is 2. The average Bonchev–Trinajstić information content (AvgIpc) is 3.06. The fourth-order valence-corrected chi connectivity index (χ4v) is 3.30. The van der Waals surface area contributed by atoms with Crippen LogP contribution in [-0.2, 0) is 20.9 Å². The largest absolute Gasteiger partial charge is 0.450 e. The summed E-state index contributed by atoms with van der Waals surface area (Å²) in [5.41, 5.74) is 1.23. The van der Waals surface area contributed by atoms with Gasteiger partial charge in [-0.05, 0) is 18.2 Å². The van der Waals surface area contributed by atoms with Crippen molar-refractivity contribution in [1.82, 2.24) is 0 Å². The molecular formula is C20H17F2NO5S. The van der Waals surface area contributed by atoms with Crippen molar-refractivity contribution in [3.8, 4) is 0 Å². The lowest BCUT2D eigenvalue weighted by Gasteiger charge is -2.10. The number of carbonyl (C=O) groups is 2. The summed E-state index contributed by atoms with van der Waals surface area (Å²) in [5, 5.41) is 3.18. The van der Waals surface area contributed by atoms with Crippen LogP contribution in [0.5, 0.6) is 0 Å². The Bertz CT molecular complexity index is 1020. The quantitative estimate of drug-likeness (QED) is 0.420. The second-order valence-electron chi connectivity index (χ2n) is 5.84. The van der Waals surface area contributed by atoms with Gasteiger partial charge in [0.05, 0.1) is 12.3 Å². The van der Waals surface area contributed by atoms with Crippen LogP contribution in [0.2, 0.25) is 0 Å². The predicted molar refractivity (Wildman–Crippen MR) is 104 cm³/mol. The molecule has 9 heteroatoms. The topological polar surface area (TPSA) is 77.8 Å². The molecule has 1 aromatic heterocycles. The molecule has 0 saturated heterocycles. The molecule has 0 spiro atoms. The smallest absolute Gasteiger partial charge is 0.375 e. The molecule has 0 aliphatic rings. The number of ether oxygens (including phenoxy) is 2. The molecular weight excluding hydrogens is 404 g/mol. The van der Waals surface area contributed by atoms with Crippen LogP contribution in [0.1, 0.15) is 16.1 Å². The maximum atomic E-state index is 12.6. The van der Waals surface area contributed by atoms with Crippen molar-refractivity contribution in [2.75, 3.05) is 19.0 Å². The van der Waals surface area contributed by atoms with E-state index in [9.17, 15) is 18.4 Å². The highest BCUT2D eigenvalue weighted by Gasteiger charge is 2.22. The van der Waals surface area contributed by atoms with E-state index in [1.54, 1.807) is 36.4 Å². The fraction of sp³-hybridized carbons (Fsp3) is 0.200. The first-order valence-electron chi connectivity index (χ1n) is 8.49. The number of thioether (sulfide) groups is 1. The Morgan fingerprint density at radius 2 is 1.86 bits per heavy atom. The number of carbonyl (C=O) groups excluding carboxylic acids is 2. The summed E-state index contributed by atoms with van der Waals surface area (Å²) >= 11 is 0.313. The Morgan fingerprint density at radius 1 is 1.14 bits per heavy atom. The van der Waals surface area contributed by atoms with Crippen LogP contribution < -0.4 is 5.32 Å². The molecule has 6 nitrogen and oxygen atoms in total. The van der Waals surface area contributed by atoms with Crippen LogP contribution in [0, 0.1) is 0 Å². The van der Waals surface area contributed by atoms with Crippen molar-refractivity contribution >= 4 is 40.3 Å². The maximum Gasteiger partial charge on any atom is 0.375 e. The van der Waals surface area contributed by atoms with Gasteiger partial charge in [-0.2, -0.15) is 8.78 Å². The molecule has 0 aliphatic heterocycles. The van der Waals surface area contributed by atoms with Gasteiger partial charge >= 0.3 is 5.97 Å². The summed E-state index contributed by atoms with van der Waals surface area (Å²) in [5.74, 6) is -4.16. The number of halogens is 2. The maximum absolute atomic E-state index is 12.6. The van der Waals surface area contributed by atoms with Gasteiger partial charge in [-0.1, -0.05) is 42.1 Å². The number of amides is 1. The van der Waals surface area contributed by atoms with Crippen LogP contribution in [0.3, 0.4) is 0 Å². The molecule has 0 fully saturated rings. The van der Waals surface area contributed by atoms with Crippen molar-refractivity contribution in [2.24, 2.45) is 0 Å². The third-order valence-electron chi connectivity index (χ3n) is 3.88. The predicted octanol–water partition coefficient (Wildman–Crippen LogP) is 4.69. The zero-order valence-corrected chi connectivity index (χ0v) is 16.1. The molecule has 0 bridgehead atoms. The van der Waals surface area contributed by atoms with E-state index in [-0.39, 0.29) is 22.9 Å². The second-order valence-corrected chi connectivity index (χ2v) is 6.87. The van der Waals surface area contributed by atoms with E-state index in [0.29, 0.717) is 28.3 Å². The molecule has 152 valence electrons. The minimum Gasteiger partial charge on any atom is -0.450 e. The van der Waals surface area contributed by atoms with E-state index in [4.69, 9.17) is 13.9 Å². The zero-order valence-electron chi connectivity index (χ0n) is 15.3. The minimum absolute atomic E-state index is 0.0468. The third kappa shape index (κ3) is 5.12. The van der Waals surface area contributed by atoms with Gasteiger partial charge in [0.2, 0.25) is 5.76 Å². The Balaban J connectivity index is 1.68. The van der Waals surface area contributed by atoms with Crippen molar-refractivity contribution in [3.05, 3.63) is 59.9 Å². The fourth-order valence-electron chi connectivity index (χ4n) is 2.70. The van der Waals surface area contributed by atoms with Gasteiger partial charge in [-0.3, -0.25) is 4.79 Å². The van der Waals surface area contributed by atoms with Crippen molar-refractivity contribution in [3.63, 3.8) is 0 Å². The molecule has 0 saturated carbocycles. The number of fused-ring (bicyclic) bond motifs is 1. The van der Waals surface area contributed by atoms with Crippen molar-refractivity contribution < 1.29 is 32.3 Å². The number of hydrogen-bond donors (Lipinski definition) is 1. The van der Waals surface area contributed by atoms with E-state index in [2.05, 4.69) is 5.32 Å². The van der Waals surface area contributed by atoms with Crippen LogP contribution in [0.25, 0.3) is 11.0 Å². The molecule has 1 amide bonds. The number of rotatable bonds is 8. The first-order valence-corrected chi connectivity index (χ1v) is 9.37. The van der Waals surface area contributed by atoms with E-state index in [1.165, 1.54) is 19.2 Å². The monoisotopic (exact) mass is 421 g/mol. The van der Waals surface area contributed by atoms with Crippen LogP contribution in [-0.4, -0.2) is 31.4 Å². The van der Waals surface area contributed by atoms with E-state index in [1.807, 2.05) is 0 Å². The molecule has 29 heavy (non-hydrogen) atoms. The van der Waals surface area contributed by atoms with Crippen molar-refractivity contribution in [1.29, 1.82) is 0 Å². The highest BCUT2D eigenvalue weighted by atomic mass is 32.2. The van der Waals surface area contributed by atoms with Crippen LogP contribution in [0.4, 0.5) is 14.5 Å². The lowest BCUT2D eigenvalue weighted by atomic mass is 10.1. The first-order chi connectivity index (χ1) is 14.0. The number of benzene rings is 2. The number of furan rings is 1. The number of esters is 1. The molecule has 0 aliphatic carbocycles. The average molecular weight is 421 g/mol. The summed E-state index contributed by atoms with van der Waals surface area (Å²) in [7, 11) is 1.49. The first kappa shape index (κ1) is 20.8. The molecule has 1 heterocycles. The van der Waals surface area contributed by atoms with Gasteiger partial charge in [0.25, 0.3) is 11.7 Å². The highest BCUT2D eigenvalue weighted by molar-refractivity contribution is 7.99. The summed E-state index contributed by atoms with van der Waals surface area (Å²) in [6, 6.07) is 13.2. The minimum atomic E-state index is -2.63. The van der Waals surface area contributed by atoms with E-state index < -0.39 is 24.2 Å². The van der Waals surface area contributed by atoms with Gasteiger partial charge < -0.3 is 19.2 Å².